The highest BCUT2D eigenvalue weighted by atomic mass is 35.5. The third-order valence-electron chi connectivity index (χ3n) is 5.68. The Morgan fingerprint density at radius 1 is 1.19 bits per heavy atom. The fourth-order valence-electron chi connectivity index (χ4n) is 3.84. The van der Waals surface area contributed by atoms with E-state index in [9.17, 15) is 13.2 Å². The van der Waals surface area contributed by atoms with Crippen LogP contribution < -0.4 is 10.2 Å². The molecule has 3 rings (SSSR count). The lowest BCUT2D eigenvalue weighted by Gasteiger charge is -2.33. The molecule has 0 saturated carbocycles. The molecule has 0 aliphatic carbocycles. The molecule has 2 atom stereocenters. The molecule has 0 radical (unpaired) electrons. The maximum atomic E-state index is 12.6. The van der Waals surface area contributed by atoms with Gasteiger partial charge >= 0.3 is 0 Å². The van der Waals surface area contributed by atoms with Crippen LogP contribution in [-0.2, 0) is 14.8 Å². The van der Waals surface area contributed by atoms with E-state index in [0.717, 1.165) is 23.0 Å². The Morgan fingerprint density at radius 2 is 1.84 bits per heavy atom. The highest BCUT2D eigenvalue weighted by Crippen LogP contribution is 2.24. The number of halogens is 1. The van der Waals surface area contributed by atoms with Gasteiger partial charge in [0.05, 0.1) is 17.5 Å². The van der Waals surface area contributed by atoms with Gasteiger partial charge in [-0.25, -0.2) is 8.42 Å². The van der Waals surface area contributed by atoms with Gasteiger partial charge in [-0.15, -0.1) is 0 Å². The number of hydrogen-bond donors (Lipinski definition) is 1. The SMILES string of the molecule is C[C@@H]1CCCN(c2ccc([C@H](C)NC(=O)CN(C)S(=O)(=O)c3ccc(Cl)cc3)cc2)C1. The highest BCUT2D eigenvalue weighted by molar-refractivity contribution is 7.89. The van der Waals surface area contributed by atoms with Gasteiger partial charge < -0.3 is 10.2 Å². The zero-order chi connectivity index (χ0) is 22.6. The fourth-order valence-corrected chi connectivity index (χ4v) is 5.10. The van der Waals surface area contributed by atoms with Crippen LogP contribution in [0.1, 0.15) is 38.3 Å². The second-order valence-corrected chi connectivity index (χ2v) is 10.8. The van der Waals surface area contributed by atoms with Gasteiger partial charge in [0, 0.05) is 30.8 Å². The molecule has 0 unspecified atom stereocenters. The molecule has 1 saturated heterocycles. The van der Waals surface area contributed by atoms with E-state index in [4.69, 9.17) is 11.6 Å². The number of anilines is 1. The average molecular weight is 464 g/mol. The minimum atomic E-state index is -3.77. The lowest BCUT2D eigenvalue weighted by atomic mass is 9.99. The van der Waals surface area contributed by atoms with Crippen molar-refractivity contribution in [2.45, 2.75) is 37.6 Å². The zero-order valence-electron chi connectivity index (χ0n) is 18.2. The Kier molecular flexibility index (Phi) is 7.62. The number of hydrogen-bond acceptors (Lipinski definition) is 4. The Hall–Kier alpha value is -2.09. The lowest BCUT2D eigenvalue weighted by Crippen LogP contribution is -2.39. The Morgan fingerprint density at radius 3 is 2.45 bits per heavy atom. The summed E-state index contributed by atoms with van der Waals surface area (Å²) in [6, 6.07) is 13.9. The predicted octanol–water partition coefficient (Wildman–Crippen LogP) is 4.07. The summed E-state index contributed by atoms with van der Waals surface area (Å²) < 4.78 is 26.3. The van der Waals surface area contributed by atoms with Gasteiger partial charge in [-0.2, -0.15) is 4.31 Å². The number of carbonyl (C=O) groups is 1. The van der Waals surface area contributed by atoms with Crippen LogP contribution in [0.2, 0.25) is 5.02 Å². The van der Waals surface area contributed by atoms with E-state index in [1.807, 2.05) is 19.1 Å². The lowest BCUT2D eigenvalue weighted by molar-refractivity contribution is -0.121. The van der Waals surface area contributed by atoms with E-state index in [1.165, 1.54) is 49.8 Å². The van der Waals surface area contributed by atoms with E-state index < -0.39 is 10.0 Å². The molecule has 168 valence electrons. The number of amides is 1. The summed E-state index contributed by atoms with van der Waals surface area (Å²) in [6.45, 7) is 6.05. The van der Waals surface area contributed by atoms with Crippen LogP contribution in [0.3, 0.4) is 0 Å². The average Bonchev–Trinajstić information content (AvgIpc) is 2.74. The fraction of sp³-hybridized carbons (Fsp3) is 0.435. The molecule has 2 aromatic rings. The molecule has 31 heavy (non-hydrogen) atoms. The van der Waals surface area contributed by atoms with Crippen molar-refractivity contribution < 1.29 is 13.2 Å². The van der Waals surface area contributed by atoms with Crippen LogP contribution in [0.5, 0.6) is 0 Å². The van der Waals surface area contributed by atoms with E-state index in [0.29, 0.717) is 10.9 Å². The number of sulfonamides is 1. The quantitative estimate of drug-likeness (QED) is 0.671. The second kappa shape index (κ2) is 10.0. The van der Waals surface area contributed by atoms with Crippen molar-refractivity contribution in [1.29, 1.82) is 0 Å². The molecule has 2 aromatic carbocycles. The molecule has 6 nitrogen and oxygen atoms in total. The van der Waals surface area contributed by atoms with Crippen molar-refractivity contribution in [3.63, 3.8) is 0 Å². The number of piperidine rings is 1. The molecule has 1 heterocycles. The first-order valence-corrected chi connectivity index (χ1v) is 12.3. The summed E-state index contributed by atoms with van der Waals surface area (Å²) in [5.41, 5.74) is 2.17. The third-order valence-corrected chi connectivity index (χ3v) is 7.75. The van der Waals surface area contributed by atoms with Gasteiger partial charge in [-0.1, -0.05) is 30.7 Å². The summed E-state index contributed by atoms with van der Waals surface area (Å²) in [5, 5.41) is 3.34. The summed E-state index contributed by atoms with van der Waals surface area (Å²) in [4.78, 5) is 15.0. The third kappa shape index (κ3) is 5.99. The number of rotatable bonds is 7. The van der Waals surface area contributed by atoms with Crippen LogP contribution in [0.4, 0.5) is 5.69 Å². The molecule has 1 amide bonds. The van der Waals surface area contributed by atoms with Crippen molar-refractivity contribution in [1.82, 2.24) is 9.62 Å². The van der Waals surface area contributed by atoms with Gasteiger partial charge in [0.25, 0.3) is 0 Å². The summed E-state index contributed by atoms with van der Waals surface area (Å²) >= 11 is 5.83. The second-order valence-electron chi connectivity index (χ2n) is 8.29. The molecule has 1 fully saturated rings. The molecule has 8 heteroatoms. The molecular weight excluding hydrogens is 434 g/mol. The number of likely N-dealkylation sites (N-methyl/N-ethyl adjacent to an activating group) is 1. The minimum absolute atomic E-state index is 0.0999. The molecule has 0 aromatic heterocycles. The van der Waals surface area contributed by atoms with E-state index in [2.05, 4.69) is 29.3 Å². The van der Waals surface area contributed by atoms with Gasteiger partial charge in [-0.3, -0.25) is 4.79 Å². The van der Waals surface area contributed by atoms with Crippen LogP contribution in [0.25, 0.3) is 0 Å². The number of benzene rings is 2. The maximum Gasteiger partial charge on any atom is 0.243 e. The highest BCUT2D eigenvalue weighted by Gasteiger charge is 2.24. The van der Waals surface area contributed by atoms with Crippen molar-refractivity contribution in [3.05, 3.63) is 59.1 Å². The maximum absolute atomic E-state index is 12.6. The Labute approximate surface area is 190 Å². The van der Waals surface area contributed by atoms with Crippen molar-refractivity contribution in [3.8, 4) is 0 Å². The monoisotopic (exact) mass is 463 g/mol. The molecule has 0 bridgehead atoms. The molecular formula is C23H30ClN3O3S. The topological polar surface area (TPSA) is 69.7 Å². The van der Waals surface area contributed by atoms with E-state index in [-0.39, 0.29) is 23.4 Å². The standard InChI is InChI=1S/C23H30ClN3O3S/c1-17-5-4-14-27(15-17)21-10-6-19(7-11-21)18(2)25-23(28)16-26(3)31(29,30)22-12-8-20(24)9-13-22/h6-13,17-18H,4-5,14-16H2,1-3H3,(H,25,28)/t17-,18+/m1/s1. The number of carbonyl (C=O) groups excluding carboxylic acids is 1. The summed E-state index contributed by atoms with van der Waals surface area (Å²) in [7, 11) is -2.37. The Bertz CT molecular complexity index is 994. The first-order valence-electron chi connectivity index (χ1n) is 10.5. The molecule has 1 N–H and O–H groups in total. The van der Waals surface area contributed by atoms with Crippen molar-refractivity contribution in [2.75, 3.05) is 31.6 Å². The van der Waals surface area contributed by atoms with Crippen LogP contribution in [-0.4, -0.2) is 45.3 Å². The van der Waals surface area contributed by atoms with Gasteiger partial charge in [0.1, 0.15) is 0 Å². The minimum Gasteiger partial charge on any atom is -0.371 e. The predicted molar refractivity (Wildman–Crippen MR) is 125 cm³/mol. The van der Waals surface area contributed by atoms with Crippen molar-refractivity contribution in [2.24, 2.45) is 5.92 Å². The van der Waals surface area contributed by atoms with Gasteiger partial charge in [0.15, 0.2) is 0 Å². The summed E-state index contributed by atoms with van der Waals surface area (Å²) in [6.07, 6.45) is 2.49. The first kappa shape index (κ1) is 23.6. The van der Waals surface area contributed by atoms with Crippen molar-refractivity contribution >= 4 is 33.2 Å². The molecule has 1 aliphatic rings. The molecule has 1 aliphatic heterocycles. The number of nitrogens with zero attached hydrogens (tertiary/aromatic N) is 2. The first-order chi connectivity index (χ1) is 14.7. The normalized spacial score (nSPS) is 18.1. The zero-order valence-corrected chi connectivity index (χ0v) is 19.8. The van der Waals surface area contributed by atoms with Gasteiger partial charge in [-0.05, 0) is 67.6 Å². The van der Waals surface area contributed by atoms with Crippen LogP contribution >= 0.6 is 11.6 Å². The van der Waals surface area contributed by atoms with E-state index in [1.54, 1.807) is 0 Å². The Balaban J connectivity index is 1.58. The van der Waals surface area contributed by atoms with Crippen LogP contribution in [0.15, 0.2) is 53.4 Å². The molecule has 0 spiro atoms. The summed E-state index contributed by atoms with van der Waals surface area (Å²) in [5.74, 6) is 0.342. The largest absolute Gasteiger partial charge is 0.371 e. The smallest absolute Gasteiger partial charge is 0.243 e. The van der Waals surface area contributed by atoms with Crippen LogP contribution in [0, 0.1) is 5.92 Å². The number of nitrogens with one attached hydrogen (secondary N) is 1. The van der Waals surface area contributed by atoms with Gasteiger partial charge in [0.2, 0.25) is 15.9 Å². The van der Waals surface area contributed by atoms with E-state index >= 15 is 0 Å².